The van der Waals surface area contributed by atoms with Gasteiger partial charge in [-0.2, -0.15) is 0 Å². The van der Waals surface area contributed by atoms with Crippen molar-refractivity contribution in [2.24, 2.45) is 4.99 Å². The maximum absolute atomic E-state index is 13.5. The molecule has 2 aliphatic heterocycles. The molecule has 3 rings (SSSR count). The smallest absolute Gasteiger partial charge is 0.168 e. The molecular formula is C16H17FN2O2. The molecule has 1 aromatic rings. The molecule has 0 saturated carbocycles. The number of hydrogen-bond acceptors (Lipinski definition) is 4. The summed E-state index contributed by atoms with van der Waals surface area (Å²) in [5, 5.41) is 3.15. The van der Waals surface area contributed by atoms with Gasteiger partial charge in [-0.3, -0.25) is 9.79 Å². The fourth-order valence-corrected chi connectivity index (χ4v) is 2.55. The highest BCUT2D eigenvalue weighted by Gasteiger charge is 2.25. The third-order valence-electron chi connectivity index (χ3n) is 3.67. The highest BCUT2D eigenvalue weighted by molar-refractivity contribution is 6.13. The van der Waals surface area contributed by atoms with Gasteiger partial charge in [-0.25, -0.2) is 4.39 Å². The van der Waals surface area contributed by atoms with E-state index < -0.39 is 0 Å². The van der Waals surface area contributed by atoms with Gasteiger partial charge in [0.2, 0.25) is 0 Å². The number of ketones is 1. The first-order valence-electron chi connectivity index (χ1n) is 7.07. The Bertz CT molecular complexity index is 622. The summed E-state index contributed by atoms with van der Waals surface area (Å²) in [7, 11) is 0. The van der Waals surface area contributed by atoms with Crippen LogP contribution in [-0.4, -0.2) is 31.3 Å². The lowest BCUT2D eigenvalue weighted by Gasteiger charge is -2.22. The Hall–Kier alpha value is -1.85. The van der Waals surface area contributed by atoms with Gasteiger partial charge >= 0.3 is 0 Å². The molecule has 0 saturated heterocycles. The van der Waals surface area contributed by atoms with Crippen molar-refractivity contribution in [2.75, 3.05) is 19.8 Å². The molecular weight excluding hydrogens is 271 g/mol. The standard InChI is InChI=1S/C16H17FN2O2/c17-14-4-2-1-3-11(14)8-18-9-12-7-16(20)13-10-21-6-5-15(13)19-12/h1-4,18H,5-10H2. The first-order chi connectivity index (χ1) is 10.2. The zero-order chi connectivity index (χ0) is 14.7. The van der Waals surface area contributed by atoms with Crippen LogP contribution in [0.1, 0.15) is 18.4 Å². The molecule has 0 bridgehead atoms. The Labute approximate surface area is 122 Å². The molecule has 0 spiro atoms. The minimum Gasteiger partial charge on any atom is -0.376 e. The Balaban J connectivity index is 1.61. The molecule has 0 radical (unpaired) electrons. The van der Waals surface area contributed by atoms with E-state index in [-0.39, 0.29) is 11.6 Å². The number of ether oxygens (including phenoxy) is 1. The molecule has 4 nitrogen and oxygen atoms in total. The van der Waals surface area contributed by atoms with Crippen LogP contribution in [0.3, 0.4) is 0 Å². The van der Waals surface area contributed by atoms with Gasteiger partial charge in [-0.05, 0) is 6.07 Å². The van der Waals surface area contributed by atoms with Crippen molar-refractivity contribution in [1.82, 2.24) is 5.32 Å². The number of Topliss-reactive ketones (excluding diaryl/α,β-unsaturated/α-hetero) is 1. The molecule has 0 aromatic heterocycles. The van der Waals surface area contributed by atoms with Crippen LogP contribution < -0.4 is 5.32 Å². The molecule has 21 heavy (non-hydrogen) atoms. The van der Waals surface area contributed by atoms with E-state index in [2.05, 4.69) is 10.3 Å². The zero-order valence-corrected chi connectivity index (χ0v) is 11.7. The number of benzene rings is 1. The predicted molar refractivity (Wildman–Crippen MR) is 77.6 cm³/mol. The maximum Gasteiger partial charge on any atom is 0.168 e. The summed E-state index contributed by atoms with van der Waals surface area (Å²) in [5.74, 6) is -0.122. The SMILES string of the molecule is O=C1CC(CNCc2ccccc2F)=NC2=C1COCC2. The van der Waals surface area contributed by atoms with Crippen LogP contribution in [-0.2, 0) is 16.1 Å². The maximum atomic E-state index is 13.5. The quantitative estimate of drug-likeness (QED) is 0.922. The summed E-state index contributed by atoms with van der Waals surface area (Å²) in [6.45, 7) is 1.92. The lowest BCUT2D eigenvalue weighted by molar-refractivity contribution is -0.115. The molecule has 0 unspecified atom stereocenters. The average molecular weight is 288 g/mol. The fourth-order valence-electron chi connectivity index (χ4n) is 2.55. The van der Waals surface area contributed by atoms with Crippen molar-refractivity contribution in [3.05, 3.63) is 46.9 Å². The molecule has 1 N–H and O–H groups in total. The van der Waals surface area contributed by atoms with Crippen LogP contribution in [0.4, 0.5) is 4.39 Å². The van der Waals surface area contributed by atoms with E-state index >= 15 is 0 Å². The second kappa shape index (κ2) is 6.28. The van der Waals surface area contributed by atoms with Crippen LogP contribution in [0.2, 0.25) is 0 Å². The van der Waals surface area contributed by atoms with Crippen molar-refractivity contribution in [2.45, 2.75) is 19.4 Å². The Morgan fingerprint density at radius 2 is 2.14 bits per heavy atom. The molecule has 0 atom stereocenters. The third kappa shape index (κ3) is 3.25. The summed E-state index contributed by atoms with van der Waals surface area (Å²) in [6, 6.07) is 6.66. The van der Waals surface area contributed by atoms with Gasteiger partial charge in [-0.15, -0.1) is 0 Å². The Kier molecular flexibility index (Phi) is 4.22. The summed E-state index contributed by atoms with van der Waals surface area (Å²) in [5.41, 5.74) is 3.02. The number of nitrogens with one attached hydrogen (secondary N) is 1. The number of nitrogens with zero attached hydrogens (tertiary/aromatic N) is 1. The lowest BCUT2D eigenvalue weighted by Crippen LogP contribution is -2.30. The first kappa shape index (κ1) is 14.1. The number of carbonyl (C=O) groups excluding carboxylic acids is 1. The van der Waals surface area contributed by atoms with E-state index in [9.17, 15) is 9.18 Å². The summed E-state index contributed by atoms with van der Waals surface area (Å²) >= 11 is 0. The molecule has 0 aliphatic carbocycles. The number of hydrogen-bond donors (Lipinski definition) is 1. The van der Waals surface area contributed by atoms with Crippen molar-refractivity contribution in [3.63, 3.8) is 0 Å². The van der Waals surface area contributed by atoms with Crippen molar-refractivity contribution in [3.8, 4) is 0 Å². The third-order valence-corrected chi connectivity index (χ3v) is 3.67. The predicted octanol–water partition coefficient (Wildman–Crippen LogP) is 2.00. The lowest BCUT2D eigenvalue weighted by atomic mass is 9.98. The van der Waals surface area contributed by atoms with Crippen molar-refractivity contribution >= 4 is 11.5 Å². The van der Waals surface area contributed by atoms with Gasteiger partial charge in [0.1, 0.15) is 5.82 Å². The van der Waals surface area contributed by atoms with Crippen molar-refractivity contribution < 1.29 is 13.9 Å². The Morgan fingerprint density at radius 1 is 1.29 bits per heavy atom. The van der Waals surface area contributed by atoms with Gasteiger partial charge in [0.25, 0.3) is 0 Å². The first-order valence-corrected chi connectivity index (χ1v) is 7.07. The second-order valence-corrected chi connectivity index (χ2v) is 5.20. The van der Waals surface area contributed by atoms with E-state index in [0.29, 0.717) is 44.7 Å². The monoisotopic (exact) mass is 288 g/mol. The molecule has 1 aromatic carbocycles. The Morgan fingerprint density at radius 3 is 3.00 bits per heavy atom. The highest BCUT2D eigenvalue weighted by atomic mass is 19.1. The second-order valence-electron chi connectivity index (χ2n) is 5.20. The molecule has 5 heteroatoms. The van der Waals surface area contributed by atoms with Crippen LogP contribution in [0, 0.1) is 5.82 Å². The molecule has 0 amide bonds. The molecule has 2 heterocycles. The topological polar surface area (TPSA) is 50.7 Å². The highest BCUT2D eigenvalue weighted by Crippen LogP contribution is 2.23. The van der Waals surface area contributed by atoms with Crippen LogP contribution >= 0.6 is 0 Å². The van der Waals surface area contributed by atoms with Crippen LogP contribution in [0.25, 0.3) is 0 Å². The van der Waals surface area contributed by atoms with E-state index in [1.54, 1.807) is 18.2 Å². The molecule has 2 aliphatic rings. The fraction of sp³-hybridized carbons (Fsp3) is 0.375. The van der Waals surface area contributed by atoms with Gasteiger partial charge in [-0.1, -0.05) is 18.2 Å². The minimum atomic E-state index is -0.221. The van der Waals surface area contributed by atoms with Crippen LogP contribution in [0.5, 0.6) is 0 Å². The van der Waals surface area contributed by atoms with E-state index in [0.717, 1.165) is 17.0 Å². The van der Waals surface area contributed by atoms with Crippen molar-refractivity contribution in [1.29, 1.82) is 0 Å². The normalized spacial score (nSPS) is 18.5. The van der Waals surface area contributed by atoms with Gasteiger partial charge < -0.3 is 10.1 Å². The number of rotatable bonds is 4. The van der Waals surface area contributed by atoms with Gasteiger partial charge in [0.15, 0.2) is 5.78 Å². The van der Waals surface area contributed by atoms with Crippen LogP contribution in [0.15, 0.2) is 40.5 Å². The molecule has 0 fully saturated rings. The summed E-state index contributed by atoms with van der Waals surface area (Å²) in [6.07, 6.45) is 1.02. The number of carbonyl (C=O) groups is 1. The summed E-state index contributed by atoms with van der Waals surface area (Å²) < 4.78 is 18.8. The average Bonchev–Trinajstić information content (AvgIpc) is 2.49. The zero-order valence-electron chi connectivity index (χ0n) is 11.7. The van der Waals surface area contributed by atoms with E-state index in [4.69, 9.17) is 4.74 Å². The van der Waals surface area contributed by atoms with E-state index in [1.807, 2.05) is 0 Å². The van der Waals surface area contributed by atoms with E-state index in [1.165, 1.54) is 6.07 Å². The number of halogens is 1. The minimum absolute atomic E-state index is 0.0994. The van der Waals surface area contributed by atoms with Gasteiger partial charge in [0, 0.05) is 36.4 Å². The number of aliphatic imine (C=N–C) groups is 1. The summed E-state index contributed by atoms with van der Waals surface area (Å²) in [4.78, 5) is 16.6. The largest absolute Gasteiger partial charge is 0.376 e. The molecule has 110 valence electrons. The van der Waals surface area contributed by atoms with Gasteiger partial charge in [0.05, 0.1) is 25.3 Å².